The molecule has 0 radical (unpaired) electrons. The second-order valence-corrected chi connectivity index (χ2v) is 5.29. The molecule has 0 aromatic carbocycles. The van der Waals surface area contributed by atoms with E-state index in [-0.39, 0.29) is 5.78 Å². The molecule has 0 bridgehead atoms. The van der Waals surface area contributed by atoms with Gasteiger partial charge in [0.2, 0.25) is 0 Å². The number of carbonyl (C=O) groups excluding carboxylic acids is 1. The smallest absolute Gasteiger partial charge is 0.143 e. The zero-order valence-corrected chi connectivity index (χ0v) is 9.26. The van der Waals surface area contributed by atoms with E-state index in [9.17, 15) is 4.79 Å². The molecule has 0 aliphatic carbocycles. The second kappa shape index (κ2) is 3.79. The lowest BCUT2D eigenvalue weighted by Gasteiger charge is -2.26. The predicted octanol–water partition coefficient (Wildman–Crippen LogP) is 1.94. The van der Waals surface area contributed by atoms with E-state index in [2.05, 4.69) is 25.7 Å². The molecule has 0 spiro atoms. The number of Topliss-reactive ketones (excluding diaryl/α,β-unsaturated/α-hetero) is 1. The zero-order valence-electron chi connectivity index (χ0n) is 9.26. The molecule has 1 unspecified atom stereocenters. The topological polar surface area (TPSA) is 20.3 Å². The molecule has 2 nitrogen and oxygen atoms in total. The number of nitrogens with zero attached hydrogens (tertiary/aromatic N) is 1. The number of likely N-dealkylation sites (tertiary alicyclic amines) is 1. The summed E-state index contributed by atoms with van der Waals surface area (Å²) in [5.74, 6) is 1.04. The summed E-state index contributed by atoms with van der Waals surface area (Å²) < 4.78 is 0. The molecule has 76 valence electrons. The van der Waals surface area contributed by atoms with Gasteiger partial charge in [0.15, 0.2) is 0 Å². The number of rotatable bonds is 2. The van der Waals surface area contributed by atoms with Gasteiger partial charge in [-0.15, -0.1) is 0 Å². The zero-order chi connectivity index (χ0) is 10.1. The Hall–Kier alpha value is -0.370. The summed E-state index contributed by atoms with van der Waals surface area (Å²) in [4.78, 5) is 13.2. The average Bonchev–Trinajstić information content (AvgIpc) is 2.32. The van der Waals surface area contributed by atoms with E-state index in [4.69, 9.17) is 0 Å². The van der Waals surface area contributed by atoms with Crippen molar-refractivity contribution in [2.45, 2.75) is 34.1 Å². The summed E-state index contributed by atoms with van der Waals surface area (Å²) in [5, 5.41) is 0. The molecule has 1 rings (SSSR count). The van der Waals surface area contributed by atoms with E-state index in [0.717, 1.165) is 19.0 Å². The van der Waals surface area contributed by atoms with Gasteiger partial charge in [0, 0.05) is 6.54 Å². The quantitative estimate of drug-likeness (QED) is 0.652. The van der Waals surface area contributed by atoms with Crippen LogP contribution in [0.3, 0.4) is 0 Å². The highest BCUT2D eigenvalue weighted by atomic mass is 16.1. The van der Waals surface area contributed by atoms with E-state index in [1.165, 1.54) is 6.42 Å². The SMILES string of the molecule is CC(=O)CN1CCC(C(C)(C)C)C1. The minimum Gasteiger partial charge on any atom is -0.299 e. The first-order chi connectivity index (χ1) is 5.89. The van der Waals surface area contributed by atoms with E-state index in [1.54, 1.807) is 6.92 Å². The van der Waals surface area contributed by atoms with Gasteiger partial charge in [0.1, 0.15) is 5.78 Å². The molecule has 0 aromatic rings. The molecular weight excluding hydrogens is 162 g/mol. The van der Waals surface area contributed by atoms with Crippen LogP contribution in [0.1, 0.15) is 34.1 Å². The predicted molar refractivity (Wildman–Crippen MR) is 54.7 cm³/mol. The van der Waals surface area contributed by atoms with Gasteiger partial charge >= 0.3 is 0 Å². The van der Waals surface area contributed by atoms with Crippen molar-refractivity contribution in [2.75, 3.05) is 19.6 Å². The molecule has 13 heavy (non-hydrogen) atoms. The highest BCUT2D eigenvalue weighted by molar-refractivity contribution is 5.77. The molecule has 0 aromatic heterocycles. The first-order valence-corrected chi connectivity index (χ1v) is 5.11. The van der Waals surface area contributed by atoms with E-state index in [1.807, 2.05) is 0 Å². The molecule has 0 saturated carbocycles. The van der Waals surface area contributed by atoms with Crippen molar-refractivity contribution >= 4 is 5.78 Å². The van der Waals surface area contributed by atoms with Crippen LogP contribution in [-0.4, -0.2) is 30.3 Å². The molecular formula is C11H21NO. The summed E-state index contributed by atoms with van der Waals surface area (Å²) in [7, 11) is 0. The summed E-state index contributed by atoms with van der Waals surface area (Å²) in [6.45, 7) is 11.4. The summed E-state index contributed by atoms with van der Waals surface area (Å²) in [6.07, 6.45) is 1.25. The lowest BCUT2D eigenvalue weighted by atomic mass is 9.80. The maximum absolute atomic E-state index is 10.9. The van der Waals surface area contributed by atoms with E-state index < -0.39 is 0 Å². The van der Waals surface area contributed by atoms with Crippen LogP contribution in [0.15, 0.2) is 0 Å². The van der Waals surface area contributed by atoms with Gasteiger partial charge in [-0.2, -0.15) is 0 Å². The maximum atomic E-state index is 10.9. The Balaban J connectivity index is 2.41. The van der Waals surface area contributed by atoms with Crippen LogP contribution in [-0.2, 0) is 4.79 Å². The Morgan fingerprint density at radius 1 is 1.46 bits per heavy atom. The number of hydrogen-bond acceptors (Lipinski definition) is 2. The molecule has 0 N–H and O–H groups in total. The van der Waals surface area contributed by atoms with Crippen LogP contribution in [0.4, 0.5) is 0 Å². The van der Waals surface area contributed by atoms with Crippen LogP contribution in [0.5, 0.6) is 0 Å². The minimum atomic E-state index is 0.287. The minimum absolute atomic E-state index is 0.287. The molecule has 1 heterocycles. The number of hydrogen-bond donors (Lipinski definition) is 0. The van der Waals surface area contributed by atoms with Gasteiger partial charge < -0.3 is 0 Å². The van der Waals surface area contributed by atoms with Gasteiger partial charge in [-0.25, -0.2) is 0 Å². The Labute approximate surface area is 81.3 Å². The second-order valence-electron chi connectivity index (χ2n) is 5.29. The van der Waals surface area contributed by atoms with Crippen LogP contribution >= 0.6 is 0 Å². The first kappa shape index (κ1) is 10.7. The van der Waals surface area contributed by atoms with Crippen molar-refractivity contribution < 1.29 is 4.79 Å². The molecule has 1 aliphatic heterocycles. The van der Waals surface area contributed by atoms with Crippen LogP contribution in [0.25, 0.3) is 0 Å². The fourth-order valence-electron chi connectivity index (χ4n) is 2.00. The Kier molecular flexibility index (Phi) is 3.12. The highest BCUT2D eigenvalue weighted by Crippen LogP contribution is 2.33. The average molecular weight is 183 g/mol. The summed E-state index contributed by atoms with van der Waals surface area (Å²) >= 11 is 0. The Morgan fingerprint density at radius 3 is 2.46 bits per heavy atom. The van der Waals surface area contributed by atoms with Gasteiger partial charge in [-0.3, -0.25) is 9.69 Å². The third-order valence-corrected chi connectivity index (χ3v) is 2.94. The molecule has 1 saturated heterocycles. The van der Waals surface area contributed by atoms with Crippen LogP contribution in [0, 0.1) is 11.3 Å². The van der Waals surface area contributed by atoms with Crippen molar-refractivity contribution in [1.82, 2.24) is 4.90 Å². The standard InChI is InChI=1S/C11H21NO/c1-9(13)7-12-6-5-10(8-12)11(2,3)4/h10H,5-8H2,1-4H3. The summed E-state index contributed by atoms with van der Waals surface area (Å²) in [6, 6.07) is 0. The van der Waals surface area contributed by atoms with Crippen LogP contribution in [0.2, 0.25) is 0 Å². The monoisotopic (exact) mass is 183 g/mol. The largest absolute Gasteiger partial charge is 0.299 e. The van der Waals surface area contributed by atoms with E-state index in [0.29, 0.717) is 12.0 Å². The third kappa shape index (κ3) is 3.11. The normalized spacial score (nSPS) is 25.1. The van der Waals surface area contributed by atoms with Crippen molar-refractivity contribution in [3.63, 3.8) is 0 Å². The van der Waals surface area contributed by atoms with Gasteiger partial charge in [0.05, 0.1) is 6.54 Å². The van der Waals surface area contributed by atoms with Crippen molar-refractivity contribution in [2.24, 2.45) is 11.3 Å². The number of carbonyl (C=O) groups is 1. The van der Waals surface area contributed by atoms with E-state index >= 15 is 0 Å². The van der Waals surface area contributed by atoms with Crippen molar-refractivity contribution in [1.29, 1.82) is 0 Å². The molecule has 1 atom stereocenters. The highest BCUT2D eigenvalue weighted by Gasteiger charge is 2.31. The van der Waals surface area contributed by atoms with Crippen molar-refractivity contribution in [3.05, 3.63) is 0 Å². The lowest BCUT2D eigenvalue weighted by molar-refractivity contribution is -0.117. The van der Waals surface area contributed by atoms with Crippen LogP contribution < -0.4 is 0 Å². The fourth-order valence-corrected chi connectivity index (χ4v) is 2.00. The molecule has 0 amide bonds. The fraction of sp³-hybridized carbons (Fsp3) is 0.909. The third-order valence-electron chi connectivity index (χ3n) is 2.94. The summed E-state index contributed by atoms with van der Waals surface area (Å²) in [5.41, 5.74) is 0.394. The van der Waals surface area contributed by atoms with Gasteiger partial charge in [-0.1, -0.05) is 20.8 Å². The van der Waals surface area contributed by atoms with Gasteiger partial charge in [-0.05, 0) is 31.2 Å². The lowest BCUT2D eigenvalue weighted by Crippen LogP contribution is -2.29. The Bertz CT molecular complexity index is 193. The molecule has 2 heteroatoms. The molecule has 1 fully saturated rings. The first-order valence-electron chi connectivity index (χ1n) is 5.11. The molecule has 1 aliphatic rings. The maximum Gasteiger partial charge on any atom is 0.143 e. The van der Waals surface area contributed by atoms with Gasteiger partial charge in [0.25, 0.3) is 0 Å². The number of ketones is 1. The Morgan fingerprint density at radius 2 is 2.08 bits per heavy atom. The van der Waals surface area contributed by atoms with Crippen molar-refractivity contribution in [3.8, 4) is 0 Å².